The molecule has 0 saturated carbocycles. The zero-order valence-electron chi connectivity index (χ0n) is 14.9. The molecule has 1 aliphatic heterocycles. The van der Waals surface area contributed by atoms with Crippen molar-refractivity contribution in [3.63, 3.8) is 0 Å². The molecule has 5 heteroatoms. The van der Waals surface area contributed by atoms with Crippen molar-refractivity contribution in [2.24, 2.45) is 4.99 Å². The number of likely N-dealkylation sites (tertiary alicyclic amines) is 1. The van der Waals surface area contributed by atoms with Gasteiger partial charge in [-0.1, -0.05) is 12.2 Å². The largest absolute Gasteiger partial charge is 0.466 e. The Morgan fingerprint density at radius 1 is 1.39 bits per heavy atom. The van der Waals surface area contributed by atoms with Crippen LogP contribution in [0, 0.1) is 13.8 Å². The summed E-state index contributed by atoms with van der Waals surface area (Å²) in [6.45, 7) is 14.0. The van der Waals surface area contributed by atoms with Crippen LogP contribution < -0.4 is 10.6 Å². The highest BCUT2D eigenvalue weighted by Crippen LogP contribution is 2.14. The summed E-state index contributed by atoms with van der Waals surface area (Å²) >= 11 is 0. The molecular formula is C18H30N4O. The molecule has 23 heavy (non-hydrogen) atoms. The molecule has 0 spiro atoms. The minimum absolute atomic E-state index is 0.481. The van der Waals surface area contributed by atoms with Gasteiger partial charge in [0.15, 0.2) is 5.96 Å². The van der Waals surface area contributed by atoms with Crippen LogP contribution in [0.3, 0.4) is 0 Å². The lowest BCUT2D eigenvalue weighted by Gasteiger charge is -2.33. The Balaban J connectivity index is 1.77. The minimum atomic E-state index is 0.481. The van der Waals surface area contributed by atoms with Gasteiger partial charge in [0.2, 0.25) is 0 Å². The molecule has 128 valence electrons. The summed E-state index contributed by atoms with van der Waals surface area (Å²) < 4.78 is 5.56. The number of guanidine groups is 1. The number of nitrogens with one attached hydrogen (secondary N) is 2. The second kappa shape index (κ2) is 8.20. The predicted molar refractivity (Wildman–Crippen MR) is 95.8 cm³/mol. The molecule has 5 nitrogen and oxygen atoms in total. The van der Waals surface area contributed by atoms with E-state index < -0.39 is 0 Å². The smallest absolute Gasteiger partial charge is 0.191 e. The number of furan rings is 1. The van der Waals surface area contributed by atoms with Crippen LogP contribution in [-0.2, 0) is 6.54 Å². The van der Waals surface area contributed by atoms with Gasteiger partial charge in [-0.25, -0.2) is 0 Å². The molecule has 0 atom stereocenters. The van der Waals surface area contributed by atoms with Gasteiger partial charge >= 0.3 is 0 Å². The highest BCUT2D eigenvalue weighted by molar-refractivity contribution is 5.80. The maximum atomic E-state index is 5.56. The van der Waals surface area contributed by atoms with E-state index in [1.165, 1.54) is 11.1 Å². The first-order valence-electron chi connectivity index (χ1n) is 8.37. The Morgan fingerprint density at radius 2 is 2.09 bits per heavy atom. The van der Waals surface area contributed by atoms with Crippen LogP contribution in [-0.4, -0.2) is 43.6 Å². The Bertz CT molecular complexity index is 553. The molecule has 0 unspecified atom stereocenters. The minimum Gasteiger partial charge on any atom is -0.466 e. The molecule has 0 bridgehead atoms. The summed E-state index contributed by atoms with van der Waals surface area (Å²) in [5.74, 6) is 2.78. The van der Waals surface area contributed by atoms with Crippen molar-refractivity contribution in [1.29, 1.82) is 0 Å². The summed E-state index contributed by atoms with van der Waals surface area (Å²) in [6, 6.07) is 2.56. The average Bonchev–Trinajstić information content (AvgIpc) is 2.82. The second-order valence-electron chi connectivity index (χ2n) is 6.52. The van der Waals surface area contributed by atoms with E-state index in [1.807, 2.05) is 20.9 Å². The second-order valence-corrected chi connectivity index (χ2v) is 6.52. The monoisotopic (exact) mass is 318 g/mol. The Kier molecular flexibility index (Phi) is 6.28. The molecule has 0 amide bonds. The zero-order valence-corrected chi connectivity index (χ0v) is 14.9. The van der Waals surface area contributed by atoms with Gasteiger partial charge in [-0.05, 0) is 39.7 Å². The van der Waals surface area contributed by atoms with Gasteiger partial charge in [0.1, 0.15) is 11.5 Å². The highest BCUT2D eigenvalue weighted by atomic mass is 16.3. The molecule has 1 aliphatic rings. The van der Waals surface area contributed by atoms with Crippen LogP contribution in [0.25, 0.3) is 0 Å². The summed E-state index contributed by atoms with van der Waals surface area (Å²) in [5, 5.41) is 6.92. The van der Waals surface area contributed by atoms with Gasteiger partial charge < -0.3 is 15.1 Å². The number of hydrogen-bond donors (Lipinski definition) is 2. The van der Waals surface area contributed by atoms with Crippen LogP contribution in [0.1, 0.15) is 36.8 Å². The number of hydrogen-bond acceptors (Lipinski definition) is 3. The van der Waals surface area contributed by atoms with Crippen LogP contribution in [0.5, 0.6) is 0 Å². The molecule has 1 aromatic heterocycles. The Morgan fingerprint density at radius 3 is 2.61 bits per heavy atom. The summed E-state index contributed by atoms with van der Waals surface area (Å²) in [7, 11) is 1.82. The van der Waals surface area contributed by atoms with Crippen molar-refractivity contribution in [2.45, 2.75) is 46.2 Å². The molecule has 0 aromatic carbocycles. The first-order chi connectivity index (χ1) is 11.0. The normalized spacial score (nSPS) is 17.3. The van der Waals surface area contributed by atoms with Crippen LogP contribution in [0.15, 0.2) is 27.6 Å². The third-order valence-corrected chi connectivity index (χ3v) is 4.24. The van der Waals surface area contributed by atoms with E-state index >= 15 is 0 Å². The lowest BCUT2D eigenvalue weighted by Crippen LogP contribution is -2.48. The first-order valence-corrected chi connectivity index (χ1v) is 8.37. The number of aryl methyl sites for hydroxylation is 2. The van der Waals surface area contributed by atoms with Gasteiger partial charge in [0, 0.05) is 44.8 Å². The molecular weight excluding hydrogens is 288 g/mol. The SMILES string of the molecule is C=C(C)CN1CCC(NC(=NC)NCc2cc(C)oc2C)CC1. The molecule has 0 aliphatic carbocycles. The van der Waals surface area contributed by atoms with E-state index in [0.29, 0.717) is 6.04 Å². The fraction of sp³-hybridized carbons (Fsp3) is 0.611. The van der Waals surface area contributed by atoms with Gasteiger partial charge in [-0.2, -0.15) is 0 Å². The molecule has 0 radical (unpaired) electrons. The zero-order chi connectivity index (χ0) is 16.8. The van der Waals surface area contributed by atoms with Crippen LogP contribution in [0.4, 0.5) is 0 Å². The van der Waals surface area contributed by atoms with Crippen molar-refractivity contribution in [3.05, 3.63) is 35.3 Å². The van der Waals surface area contributed by atoms with Gasteiger partial charge in [0.25, 0.3) is 0 Å². The lowest BCUT2D eigenvalue weighted by molar-refractivity contribution is 0.221. The third kappa shape index (κ3) is 5.43. The Hall–Kier alpha value is -1.75. The van der Waals surface area contributed by atoms with Crippen molar-refractivity contribution in [1.82, 2.24) is 15.5 Å². The van der Waals surface area contributed by atoms with Crippen molar-refractivity contribution >= 4 is 5.96 Å². The molecule has 1 fully saturated rings. The van der Waals surface area contributed by atoms with Crippen molar-refractivity contribution in [3.8, 4) is 0 Å². The van der Waals surface area contributed by atoms with Crippen molar-refractivity contribution in [2.75, 3.05) is 26.7 Å². The first kappa shape index (κ1) is 17.6. The molecule has 2 N–H and O–H groups in total. The standard InChI is InChI=1S/C18H30N4O/c1-13(2)12-22-8-6-17(7-9-22)21-18(19-5)20-11-16-10-14(3)23-15(16)4/h10,17H,1,6-9,11-12H2,2-5H3,(H2,19,20,21). The quantitative estimate of drug-likeness (QED) is 0.498. The van der Waals surface area contributed by atoms with E-state index in [9.17, 15) is 0 Å². The van der Waals surface area contributed by atoms with E-state index in [4.69, 9.17) is 4.42 Å². The fourth-order valence-electron chi connectivity index (χ4n) is 3.04. The highest BCUT2D eigenvalue weighted by Gasteiger charge is 2.19. The van der Waals surface area contributed by atoms with Crippen molar-refractivity contribution < 1.29 is 4.42 Å². The molecule has 2 heterocycles. The topological polar surface area (TPSA) is 52.8 Å². The van der Waals surface area contributed by atoms with Crippen LogP contribution >= 0.6 is 0 Å². The van der Waals surface area contributed by atoms with Gasteiger partial charge in [-0.3, -0.25) is 9.89 Å². The average molecular weight is 318 g/mol. The fourth-order valence-corrected chi connectivity index (χ4v) is 3.04. The van der Waals surface area contributed by atoms with Crippen LogP contribution in [0.2, 0.25) is 0 Å². The van der Waals surface area contributed by atoms with E-state index in [1.54, 1.807) is 0 Å². The molecule has 2 rings (SSSR count). The number of piperidine rings is 1. The molecule has 1 saturated heterocycles. The molecule has 1 aromatic rings. The third-order valence-electron chi connectivity index (χ3n) is 4.24. The summed E-state index contributed by atoms with van der Waals surface area (Å²) in [6.07, 6.45) is 2.27. The maximum Gasteiger partial charge on any atom is 0.191 e. The number of nitrogens with zero attached hydrogens (tertiary/aromatic N) is 2. The predicted octanol–water partition coefficient (Wildman–Crippen LogP) is 2.60. The van der Waals surface area contributed by atoms with E-state index in [2.05, 4.69) is 40.1 Å². The van der Waals surface area contributed by atoms with E-state index in [-0.39, 0.29) is 0 Å². The van der Waals surface area contributed by atoms with Gasteiger partial charge in [0.05, 0.1) is 0 Å². The maximum absolute atomic E-state index is 5.56. The van der Waals surface area contributed by atoms with E-state index in [0.717, 1.165) is 56.5 Å². The number of rotatable bonds is 5. The lowest BCUT2D eigenvalue weighted by atomic mass is 10.0. The Labute approximate surface area is 139 Å². The number of aliphatic imine (C=N–C) groups is 1. The summed E-state index contributed by atoms with van der Waals surface area (Å²) in [4.78, 5) is 6.80. The summed E-state index contributed by atoms with van der Waals surface area (Å²) in [5.41, 5.74) is 2.42. The van der Waals surface area contributed by atoms with Gasteiger partial charge in [-0.15, -0.1) is 0 Å².